The first kappa shape index (κ1) is 9.53. The van der Waals surface area contributed by atoms with Crippen molar-refractivity contribution in [2.24, 2.45) is 5.92 Å². The minimum Gasteiger partial charge on any atom is -0.392 e. The summed E-state index contributed by atoms with van der Waals surface area (Å²) in [7, 11) is 0. The van der Waals surface area contributed by atoms with Gasteiger partial charge in [0.1, 0.15) is 0 Å². The normalized spacial score (nSPS) is 24.4. The zero-order chi connectivity index (χ0) is 8.97. The second kappa shape index (κ2) is 4.46. The number of hydrogen-bond donors (Lipinski definition) is 1. The Hall–Kier alpha value is -0.560. The summed E-state index contributed by atoms with van der Waals surface area (Å²) in [6, 6.07) is 0. The van der Waals surface area contributed by atoms with Gasteiger partial charge in [-0.2, -0.15) is 0 Å². The Morgan fingerprint density at radius 1 is 1.75 bits per heavy atom. The fourth-order valence-electron chi connectivity index (χ4n) is 1.60. The number of aliphatic hydroxyl groups excluding tert-OH is 1. The van der Waals surface area contributed by atoms with E-state index < -0.39 is 0 Å². The molecule has 1 aliphatic carbocycles. The first-order valence-corrected chi connectivity index (χ1v) is 4.64. The fraction of sp³-hybridized carbons (Fsp3) is 0.636. The van der Waals surface area contributed by atoms with Crippen LogP contribution in [0.15, 0.2) is 23.3 Å². The van der Waals surface area contributed by atoms with E-state index in [1.807, 2.05) is 6.92 Å². The van der Waals surface area contributed by atoms with Gasteiger partial charge in [-0.15, -0.1) is 0 Å². The quantitative estimate of drug-likeness (QED) is 0.639. The molecule has 0 amide bonds. The molecule has 0 saturated heterocycles. The number of hydrogen-bond acceptors (Lipinski definition) is 1. The van der Waals surface area contributed by atoms with E-state index in [1.165, 1.54) is 18.4 Å². The molecule has 1 heteroatoms. The largest absolute Gasteiger partial charge is 0.392 e. The minimum atomic E-state index is 0.207. The molecule has 0 heterocycles. The number of aliphatic hydroxyl groups is 1. The molecule has 1 aliphatic rings. The lowest BCUT2D eigenvalue weighted by atomic mass is 10.0. The topological polar surface area (TPSA) is 20.2 Å². The highest BCUT2D eigenvalue weighted by atomic mass is 16.3. The van der Waals surface area contributed by atoms with Gasteiger partial charge in [0, 0.05) is 0 Å². The van der Waals surface area contributed by atoms with Crippen LogP contribution in [0.4, 0.5) is 0 Å². The lowest BCUT2D eigenvalue weighted by Crippen LogP contribution is -1.93. The van der Waals surface area contributed by atoms with E-state index in [4.69, 9.17) is 5.11 Å². The van der Waals surface area contributed by atoms with Gasteiger partial charge in [-0.1, -0.05) is 23.3 Å². The van der Waals surface area contributed by atoms with Gasteiger partial charge in [-0.3, -0.25) is 0 Å². The fourth-order valence-corrected chi connectivity index (χ4v) is 1.60. The Labute approximate surface area is 74.8 Å². The summed E-state index contributed by atoms with van der Waals surface area (Å²) in [5.74, 6) is 0.798. The Morgan fingerprint density at radius 2 is 2.50 bits per heavy atom. The van der Waals surface area contributed by atoms with Gasteiger partial charge < -0.3 is 5.11 Å². The molecular weight excluding hydrogens is 148 g/mol. The van der Waals surface area contributed by atoms with Crippen LogP contribution in [0.1, 0.15) is 33.1 Å². The predicted octanol–water partition coefficient (Wildman–Crippen LogP) is 2.67. The molecule has 1 N–H and O–H groups in total. The molecule has 1 atom stereocenters. The van der Waals surface area contributed by atoms with Crippen molar-refractivity contribution in [3.8, 4) is 0 Å². The molecule has 0 aromatic heterocycles. The molecule has 0 spiro atoms. The Balaban J connectivity index is 2.26. The summed E-state index contributed by atoms with van der Waals surface area (Å²) < 4.78 is 0. The van der Waals surface area contributed by atoms with E-state index in [0.717, 1.165) is 17.9 Å². The first-order chi connectivity index (χ1) is 5.72. The summed E-state index contributed by atoms with van der Waals surface area (Å²) >= 11 is 0. The third kappa shape index (κ3) is 2.82. The van der Waals surface area contributed by atoms with E-state index in [1.54, 1.807) is 0 Å². The second-order valence-electron chi connectivity index (χ2n) is 3.80. The van der Waals surface area contributed by atoms with Gasteiger partial charge >= 0.3 is 0 Å². The average Bonchev–Trinajstić information content (AvgIpc) is 2.47. The number of allylic oxidation sites excluding steroid dienone is 3. The van der Waals surface area contributed by atoms with Crippen molar-refractivity contribution in [1.29, 1.82) is 0 Å². The lowest BCUT2D eigenvalue weighted by molar-refractivity contribution is 0.330. The zero-order valence-electron chi connectivity index (χ0n) is 8.01. The van der Waals surface area contributed by atoms with Gasteiger partial charge in [-0.05, 0) is 39.0 Å². The maximum atomic E-state index is 8.78. The highest BCUT2D eigenvalue weighted by Crippen LogP contribution is 2.27. The molecular formula is C11H18O. The molecule has 1 rings (SSSR count). The molecule has 1 unspecified atom stereocenters. The lowest BCUT2D eigenvalue weighted by Gasteiger charge is -2.05. The maximum Gasteiger partial charge on any atom is 0.0639 e. The van der Waals surface area contributed by atoms with Crippen molar-refractivity contribution in [1.82, 2.24) is 0 Å². The van der Waals surface area contributed by atoms with Crippen LogP contribution >= 0.6 is 0 Å². The summed E-state index contributed by atoms with van der Waals surface area (Å²) in [6.07, 6.45) is 8.08. The van der Waals surface area contributed by atoms with E-state index >= 15 is 0 Å². The molecule has 0 radical (unpaired) electrons. The molecule has 0 saturated carbocycles. The third-order valence-corrected chi connectivity index (χ3v) is 2.46. The van der Waals surface area contributed by atoms with Gasteiger partial charge in [0.25, 0.3) is 0 Å². The molecule has 0 aromatic rings. The van der Waals surface area contributed by atoms with Crippen LogP contribution < -0.4 is 0 Å². The van der Waals surface area contributed by atoms with Crippen molar-refractivity contribution in [3.05, 3.63) is 23.3 Å². The summed E-state index contributed by atoms with van der Waals surface area (Å²) in [5.41, 5.74) is 2.62. The maximum absolute atomic E-state index is 8.78. The predicted molar refractivity (Wildman–Crippen MR) is 51.9 cm³/mol. The van der Waals surface area contributed by atoms with E-state index in [9.17, 15) is 0 Å². The van der Waals surface area contributed by atoms with Gasteiger partial charge in [0.2, 0.25) is 0 Å². The van der Waals surface area contributed by atoms with Crippen LogP contribution in [0, 0.1) is 5.92 Å². The molecule has 12 heavy (non-hydrogen) atoms. The third-order valence-electron chi connectivity index (χ3n) is 2.46. The zero-order valence-corrected chi connectivity index (χ0v) is 8.01. The second-order valence-corrected chi connectivity index (χ2v) is 3.80. The summed E-state index contributed by atoms with van der Waals surface area (Å²) in [5, 5.41) is 8.78. The molecule has 1 nitrogen and oxygen atoms in total. The van der Waals surface area contributed by atoms with Crippen LogP contribution in [0.3, 0.4) is 0 Å². The Bertz CT molecular complexity index is 201. The van der Waals surface area contributed by atoms with Crippen LogP contribution in [0.5, 0.6) is 0 Å². The van der Waals surface area contributed by atoms with Crippen LogP contribution in [-0.2, 0) is 0 Å². The van der Waals surface area contributed by atoms with Crippen molar-refractivity contribution < 1.29 is 5.11 Å². The summed E-state index contributed by atoms with van der Waals surface area (Å²) in [4.78, 5) is 0. The molecule has 0 bridgehead atoms. The molecule has 0 fully saturated rings. The smallest absolute Gasteiger partial charge is 0.0639 e. The van der Waals surface area contributed by atoms with Crippen LogP contribution in [-0.4, -0.2) is 11.7 Å². The molecule has 0 aliphatic heterocycles. The van der Waals surface area contributed by atoms with Crippen LogP contribution in [0.25, 0.3) is 0 Å². The van der Waals surface area contributed by atoms with E-state index in [-0.39, 0.29) is 6.61 Å². The molecule has 0 aromatic carbocycles. The standard InChI is InChI=1S/C11H18O/c1-9-3-5-11(7-9)6-4-10(2)8-12/h3-4,11-12H,5-8H2,1-2H3. The van der Waals surface area contributed by atoms with Gasteiger partial charge in [-0.25, -0.2) is 0 Å². The Kier molecular flexibility index (Phi) is 3.54. The minimum absolute atomic E-state index is 0.207. The van der Waals surface area contributed by atoms with Gasteiger partial charge in [0.05, 0.1) is 6.61 Å². The SMILES string of the molecule is CC(=CCC1CC=C(C)C1)CO. The van der Waals surface area contributed by atoms with Crippen molar-refractivity contribution >= 4 is 0 Å². The van der Waals surface area contributed by atoms with E-state index in [0.29, 0.717) is 0 Å². The highest BCUT2D eigenvalue weighted by Gasteiger charge is 2.12. The van der Waals surface area contributed by atoms with E-state index in [2.05, 4.69) is 19.1 Å². The average molecular weight is 166 g/mol. The first-order valence-electron chi connectivity index (χ1n) is 4.64. The van der Waals surface area contributed by atoms with Crippen molar-refractivity contribution in [3.63, 3.8) is 0 Å². The van der Waals surface area contributed by atoms with Gasteiger partial charge in [0.15, 0.2) is 0 Å². The molecule has 68 valence electrons. The van der Waals surface area contributed by atoms with Crippen molar-refractivity contribution in [2.45, 2.75) is 33.1 Å². The highest BCUT2D eigenvalue weighted by molar-refractivity contribution is 5.09. The van der Waals surface area contributed by atoms with Crippen LogP contribution in [0.2, 0.25) is 0 Å². The summed E-state index contributed by atoms with van der Waals surface area (Å²) in [6.45, 7) is 4.39. The number of rotatable bonds is 3. The Morgan fingerprint density at radius 3 is 3.00 bits per heavy atom. The monoisotopic (exact) mass is 166 g/mol. The van der Waals surface area contributed by atoms with Crippen molar-refractivity contribution in [2.75, 3.05) is 6.61 Å².